The Morgan fingerprint density at radius 3 is 2.73 bits per heavy atom. The summed E-state index contributed by atoms with van der Waals surface area (Å²) in [6, 6.07) is 11.8. The van der Waals surface area contributed by atoms with Crippen molar-refractivity contribution in [1.82, 2.24) is 19.7 Å². The molecule has 0 aliphatic carbocycles. The van der Waals surface area contributed by atoms with Gasteiger partial charge in [-0.05, 0) is 42.1 Å². The lowest BCUT2D eigenvalue weighted by molar-refractivity contribution is -0.128. The van der Waals surface area contributed by atoms with Crippen molar-refractivity contribution >= 4 is 17.2 Å². The highest BCUT2D eigenvalue weighted by Gasteiger charge is 2.23. The summed E-state index contributed by atoms with van der Waals surface area (Å²) in [6.07, 6.45) is 2.23. The predicted octanol–water partition coefficient (Wildman–Crippen LogP) is 3.05. The SMILES string of the molecule is COc1ccc(-n2nc(Cc3cccs3)nc2CN2CCCC2=O)cc1. The van der Waals surface area contributed by atoms with Crippen LogP contribution in [0.3, 0.4) is 0 Å². The second-order valence-electron chi connectivity index (χ2n) is 6.23. The van der Waals surface area contributed by atoms with Gasteiger partial charge in [-0.2, -0.15) is 5.10 Å². The zero-order chi connectivity index (χ0) is 17.9. The molecule has 26 heavy (non-hydrogen) atoms. The number of aromatic nitrogens is 3. The van der Waals surface area contributed by atoms with E-state index in [1.165, 1.54) is 4.88 Å². The van der Waals surface area contributed by atoms with Gasteiger partial charge in [0.25, 0.3) is 0 Å². The van der Waals surface area contributed by atoms with E-state index in [-0.39, 0.29) is 5.91 Å². The fraction of sp³-hybridized carbons (Fsp3) is 0.316. The minimum atomic E-state index is 0.189. The van der Waals surface area contributed by atoms with E-state index in [1.54, 1.807) is 18.4 Å². The molecule has 1 fully saturated rings. The first kappa shape index (κ1) is 16.8. The Kier molecular flexibility index (Phi) is 4.71. The molecule has 0 bridgehead atoms. The Balaban J connectivity index is 1.66. The number of carbonyl (C=O) groups is 1. The Morgan fingerprint density at radius 2 is 2.08 bits per heavy atom. The average molecular weight is 368 g/mol. The minimum absolute atomic E-state index is 0.189. The number of ether oxygens (including phenoxy) is 1. The molecular weight excluding hydrogens is 348 g/mol. The molecule has 4 rings (SSSR count). The number of methoxy groups -OCH3 is 1. The van der Waals surface area contributed by atoms with Crippen molar-refractivity contribution in [3.63, 3.8) is 0 Å². The van der Waals surface area contributed by atoms with Crippen LogP contribution in [-0.4, -0.2) is 39.2 Å². The lowest BCUT2D eigenvalue weighted by Gasteiger charge is -2.15. The molecule has 6 nitrogen and oxygen atoms in total. The van der Waals surface area contributed by atoms with Gasteiger partial charge in [0, 0.05) is 24.3 Å². The zero-order valence-electron chi connectivity index (χ0n) is 14.6. The van der Waals surface area contributed by atoms with Crippen molar-refractivity contribution in [2.75, 3.05) is 13.7 Å². The lowest BCUT2D eigenvalue weighted by atomic mass is 10.3. The van der Waals surface area contributed by atoms with E-state index in [0.29, 0.717) is 19.4 Å². The minimum Gasteiger partial charge on any atom is -0.497 e. The molecular formula is C19H20N4O2S. The van der Waals surface area contributed by atoms with Crippen molar-refractivity contribution in [3.05, 3.63) is 58.3 Å². The van der Waals surface area contributed by atoms with E-state index in [2.05, 4.69) is 11.4 Å². The maximum absolute atomic E-state index is 12.0. The van der Waals surface area contributed by atoms with Crippen LogP contribution < -0.4 is 4.74 Å². The summed E-state index contributed by atoms with van der Waals surface area (Å²) in [6.45, 7) is 1.27. The molecule has 1 aliphatic rings. The van der Waals surface area contributed by atoms with Crippen molar-refractivity contribution < 1.29 is 9.53 Å². The van der Waals surface area contributed by atoms with Gasteiger partial charge in [-0.25, -0.2) is 9.67 Å². The van der Waals surface area contributed by atoms with Gasteiger partial charge in [0.2, 0.25) is 5.91 Å². The fourth-order valence-corrected chi connectivity index (χ4v) is 3.81. The Hall–Kier alpha value is -2.67. The topological polar surface area (TPSA) is 60.2 Å². The number of rotatable bonds is 6. The number of likely N-dealkylation sites (tertiary alicyclic amines) is 1. The van der Waals surface area contributed by atoms with Crippen LogP contribution in [0.15, 0.2) is 41.8 Å². The molecule has 0 N–H and O–H groups in total. The van der Waals surface area contributed by atoms with Crippen LogP contribution in [0.2, 0.25) is 0 Å². The van der Waals surface area contributed by atoms with Gasteiger partial charge in [0.05, 0.1) is 19.3 Å². The molecule has 0 unspecified atom stereocenters. The van der Waals surface area contributed by atoms with Gasteiger partial charge in [-0.3, -0.25) is 4.79 Å². The Labute approximate surface area is 156 Å². The second-order valence-corrected chi connectivity index (χ2v) is 7.26. The first-order chi connectivity index (χ1) is 12.7. The number of hydrogen-bond acceptors (Lipinski definition) is 5. The molecule has 1 amide bonds. The quantitative estimate of drug-likeness (QED) is 0.671. The summed E-state index contributed by atoms with van der Waals surface area (Å²) < 4.78 is 7.08. The molecule has 3 aromatic rings. The van der Waals surface area contributed by atoms with Crippen LogP contribution in [-0.2, 0) is 17.8 Å². The standard InChI is InChI=1S/C19H20N4O2S/c1-25-15-8-6-14(7-9-15)23-18(13-22-10-2-5-19(22)24)20-17(21-23)12-16-4-3-11-26-16/h3-4,6-9,11H,2,5,10,12-13H2,1H3. The van der Waals surface area contributed by atoms with Gasteiger partial charge in [-0.1, -0.05) is 6.07 Å². The number of thiophene rings is 1. The number of nitrogens with zero attached hydrogens (tertiary/aromatic N) is 4. The van der Waals surface area contributed by atoms with E-state index in [4.69, 9.17) is 14.8 Å². The van der Waals surface area contributed by atoms with E-state index in [1.807, 2.05) is 39.9 Å². The second kappa shape index (κ2) is 7.29. The van der Waals surface area contributed by atoms with Crippen molar-refractivity contribution in [1.29, 1.82) is 0 Å². The summed E-state index contributed by atoms with van der Waals surface area (Å²) in [7, 11) is 1.65. The van der Waals surface area contributed by atoms with Crippen molar-refractivity contribution in [3.8, 4) is 11.4 Å². The summed E-state index contributed by atoms with van der Waals surface area (Å²) in [5.41, 5.74) is 0.914. The third-order valence-electron chi connectivity index (χ3n) is 4.45. The summed E-state index contributed by atoms with van der Waals surface area (Å²) >= 11 is 1.70. The van der Waals surface area contributed by atoms with Gasteiger partial charge in [0.1, 0.15) is 5.75 Å². The van der Waals surface area contributed by atoms with Crippen LogP contribution in [0.4, 0.5) is 0 Å². The number of benzene rings is 1. The third-order valence-corrected chi connectivity index (χ3v) is 5.33. The molecule has 0 spiro atoms. The molecule has 0 saturated carbocycles. The van der Waals surface area contributed by atoms with Crippen molar-refractivity contribution in [2.45, 2.75) is 25.8 Å². The van der Waals surface area contributed by atoms with Gasteiger partial charge in [0.15, 0.2) is 11.6 Å². The van der Waals surface area contributed by atoms with Crippen LogP contribution in [0, 0.1) is 0 Å². The number of hydrogen-bond donors (Lipinski definition) is 0. The lowest BCUT2D eigenvalue weighted by Crippen LogP contribution is -2.25. The maximum Gasteiger partial charge on any atom is 0.223 e. The maximum atomic E-state index is 12.0. The highest BCUT2D eigenvalue weighted by molar-refractivity contribution is 7.09. The predicted molar refractivity (Wildman–Crippen MR) is 99.7 cm³/mol. The molecule has 0 radical (unpaired) electrons. The molecule has 3 heterocycles. The van der Waals surface area contributed by atoms with E-state index >= 15 is 0 Å². The zero-order valence-corrected chi connectivity index (χ0v) is 15.4. The van der Waals surface area contributed by atoms with Gasteiger partial charge < -0.3 is 9.64 Å². The van der Waals surface area contributed by atoms with Crippen molar-refractivity contribution in [2.24, 2.45) is 0 Å². The molecule has 7 heteroatoms. The normalized spacial score (nSPS) is 14.2. The first-order valence-electron chi connectivity index (χ1n) is 8.62. The fourth-order valence-electron chi connectivity index (χ4n) is 3.11. The van der Waals surface area contributed by atoms with Gasteiger partial charge in [-0.15, -0.1) is 11.3 Å². The average Bonchev–Trinajstić information content (AvgIpc) is 3.39. The van der Waals surface area contributed by atoms with Crippen LogP contribution >= 0.6 is 11.3 Å². The van der Waals surface area contributed by atoms with Crippen LogP contribution in [0.5, 0.6) is 5.75 Å². The van der Waals surface area contributed by atoms with E-state index in [0.717, 1.165) is 36.1 Å². The summed E-state index contributed by atoms with van der Waals surface area (Å²) in [5, 5.41) is 6.77. The van der Waals surface area contributed by atoms with Crippen LogP contribution in [0.25, 0.3) is 5.69 Å². The third kappa shape index (κ3) is 3.48. The van der Waals surface area contributed by atoms with E-state index in [9.17, 15) is 4.79 Å². The Bertz CT molecular complexity index is 887. The molecule has 1 aliphatic heterocycles. The first-order valence-corrected chi connectivity index (χ1v) is 9.50. The highest BCUT2D eigenvalue weighted by Crippen LogP contribution is 2.20. The highest BCUT2D eigenvalue weighted by atomic mass is 32.1. The largest absolute Gasteiger partial charge is 0.497 e. The molecule has 2 aromatic heterocycles. The Morgan fingerprint density at radius 1 is 1.23 bits per heavy atom. The van der Waals surface area contributed by atoms with E-state index < -0.39 is 0 Å². The monoisotopic (exact) mass is 368 g/mol. The molecule has 0 atom stereocenters. The van der Waals surface area contributed by atoms with Gasteiger partial charge >= 0.3 is 0 Å². The molecule has 1 aromatic carbocycles. The smallest absolute Gasteiger partial charge is 0.223 e. The number of carbonyl (C=O) groups excluding carboxylic acids is 1. The summed E-state index contributed by atoms with van der Waals surface area (Å²) in [5.74, 6) is 2.54. The molecule has 1 saturated heterocycles. The summed E-state index contributed by atoms with van der Waals surface area (Å²) in [4.78, 5) is 19.8. The van der Waals surface area contributed by atoms with Crippen LogP contribution in [0.1, 0.15) is 29.4 Å². The molecule has 134 valence electrons. The number of amides is 1.